The zero-order valence-electron chi connectivity index (χ0n) is 16.4. The predicted molar refractivity (Wildman–Crippen MR) is 106 cm³/mol. The highest BCUT2D eigenvalue weighted by Crippen LogP contribution is 2.32. The number of hydrogen-bond acceptors (Lipinski definition) is 7. The lowest BCUT2D eigenvalue weighted by atomic mass is 10.2. The quantitative estimate of drug-likeness (QED) is 0.577. The van der Waals surface area contributed by atoms with E-state index < -0.39 is 18.0 Å². The van der Waals surface area contributed by atoms with E-state index in [1.165, 1.54) is 13.0 Å². The fourth-order valence-electron chi connectivity index (χ4n) is 2.98. The molecule has 2 aromatic carbocycles. The van der Waals surface area contributed by atoms with Crippen LogP contribution >= 0.6 is 0 Å². The molecule has 4 rings (SSSR count). The summed E-state index contributed by atoms with van der Waals surface area (Å²) in [6.07, 6.45) is 1.93. The Bertz CT molecular complexity index is 985. The second-order valence-electron chi connectivity index (χ2n) is 6.72. The molecule has 2 aromatic rings. The molecule has 30 heavy (non-hydrogen) atoms. The second-order valence-corrected chi connectivity index (χ2v) is 6.72. The van der Waals surface area contributed by atoms with E-state index in [0.29, 0.717) is 36.2 Å². The summed E-state index contributed by atoms with van der Waals surface area (Å²) in [6.45, 7) is 3.00. The molecule has 0 saturated carbocycles. The number of fused-ring (bicyclic) bond motifs is 2. The minimum Gasteiger partial charge on any atom is -0.486 e. The van der Waals surface area contributed by atoms with Crippen molar-refractivity contribution < 1.29 is 33.3 Å². The summed E-state index contributed by atoms with van der Waals surface area (Å²) in [4.78, 5) is 24.3. The summed E-state index contributed by atoms with van der Waals surface area (Å²) >= 11 is 0. The van der Waals surface area contributed by atoms with Gasteiger partial charge in [0.15, 0.2) is 29.1 Å². The molecular weight excluding hydrogens is 390 g/mol. The van der Waals surface area contributed by atoms with Crippen LogP contribution in [-0.2, 0) is 20.9 Å². The molecule has 1 amide bonds. The number of nitrogens with one attached hydrogen (secondary N) is 1. The van der Waals surface area contributed by atoms with Crippen molar-refractivity contribution in [1.29, 1.82) is 0 Å². The van der Waals surface area contributed by atoms with Crippen LogP contribution in [0.15, 0.2) is 42.5 Å². The number of hydrogen-bond donors (Lipinski definition) is 1. The van der Waals surface area contributed by atoms with Crippen LogP contribution < -0.4 is 24.3 Å². The summed E-state index contributed by atoms with van der Waals surface area (Å²) in [5.41, 5.74) is 1.61. The maximum absolute atomic E-state index is 12.2. The van der Waals surface area contributed by atoms with Gasteiger partial charge in [-0.2, -0.15) is 0 Å². The van der Waals surface area contributed by atoms with E-state index in [2.05, 4.69) is 5.32 Å². The maximum atomic E-state index is 12.2. The lowest BCUT2D eigenvalue weighted by molar-refractivity contribution is -0.150. The van der Waals surface area contributed by atoms with Crippen molar-refractivity contribution in [2.75, 3.05) is 20.0 Å². The summed E-state index contributed by atoms with van der Waals surface area (Å²) < 4.78 is 26.7. The van der Waals surface area contributed by atoms with Crippen molar-refractivity contribution in [2.24, 2.45) is 0 Å². The normalized spacial score (nSPS) is 15.0. The fraction of sp³-hybridized carbons (Fsp3) is 0.273. The Morgan fingerprint density at radius 2 is 1.70 bits per heavy atom. The predicted octanol–water partition coefficient (Wildman–Crippen LogP) is 2.45. The number of esters is 1. The van der Waals surface area contributed by atoms with Gasteiger partial charge in [0.25, 0.3) is 5.91 Å². The van der Waals surface area contributed by atoms with E-state index in [1.807, 2.05) is 6.07 Å². The van der Waals surface area contributed by atoms with E-state index in [0.717, 1.165) is 11.1 Å². The lowest BCUT2D eigenvalue weighted by Crippen LogP contribution is -2.35. The average Bonchev–Trinajstić information content (AvgIpc) is 3.23. The van der Waals surface area contributed by atoms with Crippen molar-refractivity contribution in [3.8, 4) is 23.0 Å². The Morgan fingerprint density at radius 1 is 1.00 bits per heavy atom. The Balaban J connectivity index is 1.26. The van der Waals surface area contributed by atoms with Crippen LogP contribution in [-0.4, -0.2) is 38.0 Å². The largest absolute Gasteiger partial charge is 0.486 e. The van der Waals surface area contributed by atoms with E-state index in [-0.39, 0.29) is 13.3 Å². The number of ether oxygens (including phenoxy) is 5. The number of carbonyl (C=O) groups excluding carboxylic acids is 2. The number of benzene rings is 2. The minimum atomic E-state index is -0.934. The van der Waals surface area contributed by atoms with Gasteiger partial charge in [-0.05, 0) is 48.4 Å². The third-order valence-corrected chi connectivity index (χ3v) is 4.54. The SMILES string of the molecule is C[C@@H](OC(=O)/C=C/c1ccc2c(c1)OCCO2)C(=O)NCc1ccc2c(c1)OCO2. The van der Waals surface area contributed by atoms with Gasteiger partial charge < -0.3 is 29.0 Å². The van der Waals surface area contributed by atoms with Crippen LogP contribution in [0, 0.1) is 0 Å². The van der Waals surface area contributed by atoms with Crippen LogP contribution in [0.5, 0.6) is 23.0 Å². The van der Waals surface area contributed by atoms with E-state index >= 15 is 0 Å². The first-order valence-electron chi connectivity index (χ1n) is 9.53. The van der Waals surface area contributed by atoms with E-state index in [9.17, 15) is 9.59 Å². The molecule has 2 heterocycles. The highest BCUT2D eigenvalue weighted by atomic mass is 16.7. The first kappa shape index (κ1) is 19.6. The molecule has 2 aliphatic rings. The Labute approximate surface area is 173 Å². The van der Waals surface area contributed by atoms with Crippen molar-refractivity contribution in [1.82, 2.24) is 5.32 Å². The van der Waals surface area contributed by atoms with Gasteiger partial charge in [-0.3, -0.25) is 4.79 Å². The molecule has 0 spiro atoms. The molecule has 0 bridgehead atoms. The van der Waals surface area contributed by atoms with Crippen LogP contribution in [0.3, 0.4) is 0 Å². The molecule has 8 heteroatoms. The highest BCUT2D eigenvalue weighted by molar-refractivity contribution is 5.90. The topological polar surface area (TPSA) is 92.3 Å². The lowest BCUT2D eigenvalue weighted by Gasteiger charge is -2.18. The van der Waals surface area contributed by atoms with Gasteiger partial charge in [-0.1, -0.05) is 12.1 Å². The summed E-state index contributed by atoms with van der Waals surface area (Å²) in [7, 11) is 0. The summed E-state index contributed by atoms with van der Waals surface area (Å²) in [5.74, 6) is 1.62. The van der Waals surface area contributed by atoms with Crippen molar-refractivity contribution >= 4 is 18.0 Å². The average molecular weight is 411 g/mol. The maximum Gasteiger partial charge on any atom is 0.331 e. The van der Waals surface area contributed by atoms with Gasteiger partial charge in [-0.25, -0.2) is 4.79 Å². The minimum absolute atomic E-state index is 0.192. The van der Waals surface area contributed by atoms with Gasteiger partial charge in [0.05, 0.1) is 0 Å². The molecule has 156 valence electrons. The summed E-state index contributed by atoms with van der Waals surface area (Å²) in [6, 6.07) is 10.8. The molecule has 0 saturated heterocycles. The molecule has 1 atom stereocenters. The Hall–Kier alpha value is -3.68. The van der Waals surface area contributed by atoms with Gasteiger partial charge in [0.2, 0.25) is 6.79 Å². The Morgan fingerprint density at radius 3 is 2.57 bits per heavy atom. The molecule has 0 radical (unpaired) electrons. The molecule has 1 N–H and O–H groups in total. The van der Waals surface area contributed by atoms with Crippen LogP contribution in [0.2, 0.25) is 0 Å². The molecule has 0 fully saturated rings. The zero-order valence-corrected chi connectivity index (χ0v) is 16.4. The van der Waals surface area contributed by atoms with Gasteiger partial charge >= 0.3 is 5.97 Å². The zero-order chi connectivity index (χ0) is 20.9. The molecule has 0 aliphatic carbocycles. The number of carbonyl (C=O) groups is 2. The van der Waals surface area contributed by atoms with E-state index in [1.54, 1.807) is 36.4 Å². The monoisotopic (exact) mass is 411 g/mol. The third kappa shape index (κ3) is 4.65. The van der Waals surface area contributed by atoms with Gasteiger partial charge in [0, 0.05) is 12.6 Å². The summed E-state index contributed by atoms with van der Waals surface area (Å²) in [5, 5.41) is 2.74. The van der Waals surface area contributed by atoms with E-state index in [4.69, 9.17) is 23.7 Å². The van der Waals surface area contributed by atoms with Gasteiger partial charge in [0.1, 0.15) is 13.2 Å². The Kier molecular flexibility index (Phi) is 5.74. The highest BCUT2D eigenvalue weighted by Gasteiger charge is 2.18. The third-order valence-electron chi connectivity index (χ3n) is 4.54. The fourth-order valence-corrected chi connectivity index (χ4v) is 2.98. The molecule has 0 unspecified atom stereocenters. The second kappa shape index (κ2) is 8.77. The van der Waals surface area contributed by atoms with Crippen molar-refractivity contribution in [3.63, 3.8) is 0 Å². The first-order valence-corrected chi connectivity index (χ1v) is 9.53. The molecule has 2 aliphatic heterocycles. The smallest absolute Gasteiger partial charge is 0.331 e. The van der Waals surface area contributed by atoms with Crippen molar-refractivity contribution in [3.05, 3.63) is 53.6 Å². The first-order chi connectivity index (χ1) is 14.6. The van der Waals surface area contributed by atoms with Crippen molar-refractivity contribution in [2.45, 2.75) is 19.6 Å². The van der Waals surface area contributed by atoms with Gasteiger partial charge in [-0.15, -0.1) is 0 Å². The van der Waals surface area contributed by atoms with Crippen LogP contribution in [0.1, 0.15) is 18.1 Å². The molecule has 8 nitrogen and oxygen atoms in total. The molecular formula is C22H21NO7. The van der Waals surface area contributed by atoms with Crippen LogP contribution in [0.4, 0.5) is 0 Å². The number of rotatable bonds is 6. The van der Waals surface area contributed by atoms with Crippen LogP contribution in [0.25, 0.3) is 6.08 Å². The molecule has 0 aromatic heterocycles. The standard InChI is InChI=1S/C22H21NO7/c1-14(22(25)23-12-16-3-6-18-20(11-16)29-13-28-18)30-21(24)7-4-15-2-5-17-19(10-15)27-9-8-26-17/h2-7,10-11,14H,8-9,12-13H2,1H3,(H,23,25)/b7-4+/t14-/m1/s1. The number of amides is 1.